The van der Waals surface area contributed by atoms with Crippen molar-refractivity contribution in [3.8, 4) is 0 Å². The van der Waals surface area contributed by atoms with Crippen LogP contribution in [0.25, 0.3) is 0 Å². The lowest BCUT2D eigenvalue weighted by molar-refractivity contribution is -0.137. The van der Waals surface area contributed by atoms with E-state index in [1.807, 2.05) is 30.3 Å². The van der Waals surface area contributed by atoms with Crippen LogP contribution in [-0.4, -0.2) is 22.2 Å². The maximum Gasteiger partial charge on any atom is 0.303 e. The maximum absolute atomic E-state index is 10.2. The highest BCUT2D eigenvalue weighted by Gasteiger charge is 1.96. The van der Waals surface area contributed by atoms with Crippen molar-refractivity contribution < 1.29 is 19.8 Å². The molecule has 0 aromatic heterocycles. The summed E-state index contributed by atoms with van der Waals surface area (Å²) in [6.45, 7) is 1.60. The fourth-order valence-electron chi connectivity index (χ4n) is 0.896. The molecule has 0 atom stereocenters. The number of hydrogen-bond acceptors (Lipinski definition) is 2. The number of benzene rings is 1. The van der Waals surface area contributed by atoms with E-state index >= 15 is 0 Å². The molecule has 0 aliphatic rings. The fourth-order valence-corrected chi connectivity index (χ4v) is 0.896. The first-order chi connectivity index (χ1) is 7.56. The van der Waals surface area contributed by atoms with Crippen molar-refractivity contribution >= 4 is 11.9 Å². The quantitative estimate of drug-likeness (QED) is 0.822. The Hall–Kier alpha value is -1.84. The number of rotatable bonds is 4. The van der Waals surface area contributed by atoms with E-state index in [9.17, 15) is 9.59 Å². The molecule has 0 radical (unpaired) electrons. The smallest absolute Gasteiger partial charge is 0.303 e. The molecule has 0 aliphatic carbocycles. The minimum atomic E-state index is -0.745. The summed E-state index contributed by atoms with van der Waals surface area (Å²) in [6.07, 6.45) is 1.06. The number of aliphatic carboxylic acids is 2. The zero-order chi connectivity index (χ0) is 12.4. The Bertz CT molecular complexity index is 319. The molecule has 0 saturated heterocycles. The van der Waals surface area contributed by atoms with Gasteiger partial charge in [0.25, 0.3) is 0 Å². The van der Waals surface area contributed by atoms with E-state index in [2.05, 4.69) is 0 Å². The van der Waals surface area contributed by atoms with Gasteiger partial charge in [-0.3, -0.25) is 9.59 Å². The molecular weight excluding hydrogens is 208 g/mol. The number of carboxylic acids is 2. The first-order valence-electron chi connectivity index (χ1n) is 5.03. The Balaban J connectivity index is 0.000000385. The molecule has 16 heavy (non-hydrogen) atoms. The molecule has 0 bridgehead atoms. The van der Waals surface area contributed by atoms with Crippen LogP contribution in [0.4, 0.5) is 0 Å². The summed E-state index contributed by atoms with van der Waals surface area (Å²) >= 11 is 0. The van der Waals surface area contributed by atoms with E-state index in [1.54, 1.807) is 6.92 Å². The Kier molecular flexibility index (Phi) is 7.49. The van der Waals surface area contributed by atoms with Crippen LogP contribution in [0.2, 0.25) is 0 Å². The topological polar surface area (TPSA) is 74.6 Å². The number of hydrogen-bond donors (Lipinski definition) is 2. The third-order valence-electron chi connectivity index (χ3n) is 1.77. The Morgan fingerprint density at radius 3 is 1.94 bits per heavy atom. The minimum absolute atomic E-state index is 0.212. The van der Waals surface area contributed by atoms with Gasteiger partial charge in [0, 0.05) is 12.8 Å². The summed E-state index contributed by atoms with van der Waals surface area (Å²) in [5.74, 6) is -1.49. The average molecular weight is 224 g/mol. The van der Waals surface area contributed by atoms with Crippen molar-refractivity contribution in [2.45, 2.75) is 26.2 Å². The third kappa shape index (κ3) is 8.74. The Morgan fingerprint density at radius 1 is 1.06 bits per heavy atom. The summed E-state index contributed by atoms with van der Waals surface area (Å²) in [4.78, 5) is 19.5. The molecule has 0 amide bonds. The number of aryl methyl sites for hydroxylation is 1. The zero-order valence-corrected chi connectivity index (χ0v) is 9.22. The second kappa shape index (κ2) is 8.47. The van der Waals surface area contributed by atoms with E-state index in [4.69, 9.17) is 10.2 Å². The molecule has 0 saturated carbocycles. The highest BCUT2D eigenvalue weighted by molar-refractivity contribution is 5.67. The molecule has 88 valence electrons. The van der Waals surface area contributed by atoms with E-state index in [0.29, 0.717) is 6.42 Å². The van der Waals surface area contributed by atoms with E-state index in [-0.39, 0.29) is 12.8 Å². The zero-order valence-electron chi connectivity index (χ0n) is 9.22. The standard InChI is InChI=1S/C9H10O2.C3H6O2/c10-9(11)7-6-8-4-2-1-3-5-8;1-2-3(4)5/h1-5H,6-7H2,(H,10,11);2H2,1H3,(H,4,5). The van der Waals surface area contributed by atoms with E-state index in [0.717, 1.165) is 5.56 Å². The predicted octanol–water partition coefficient (Wildman–Crippen LogP) is 2.18. The van der Waals surface area contributed by atoms with Crippen LogP contribution in [0.15, 0.2) is 30.3 Å². The third-order valence-corrected chi connectivity index (χ3v) is 1.77. The Labute approximate surface area is 94.5 Å². The van der Waals surface area contributed by atoms with Crippen molar-refractivity contribution in [2.24, 2.45) is 0 Å². The molecule has 1 aromatic carbocycles. The molecule has 4 heteroatoms. The van der Waals surface area contributed by atoms with Crippen LogP contribution in [0.1, 0.15) is 25.3 Å². The summed E-state index contributed by atoms with van der Waals surface area (Å²) < 4.78 is 0. The lowest BCUT2D eigenvalue weighted by Gasteiger charge is -1.95. The number of carbonyl (C=O) groups is 2. The first-order valence-corrected chi connectivity index (χ1v) is 5.03. The van der Waals surface area contributed by atoms with Crippen molar-refractivity contribution in [3.05, 3.63) is 35.9 Å². The lowest BCUT2D eigenvalue weighted by atomic mass is 10.1. The van der Waals surface area contributed by atoms with Crippen LogP contribution in [0.3, 0.4) is 0 Å². The molecule has 4 nitrogen and oxygen atoms in total. The van der Waals surface area contributed by atoms with Gasteiger partial charge in [-0.05, 0) is 12.0 Å². The van der Waals surface area contributed by atoms with Crippen LogP contribution < -0.4 is 0 Å². The van der Waals surface area contributed by atoms with Gasteiger partial charge in [0.1, 0.15) is 0 Å². The summed E-state index contributed by atoms with van der Waals surface area (Å²) in [5, 5.41) is 16.1. The van der Waals surface area contributed by atoms with Crippen molar-refractivity contribution in [2.75, 3.05) is 0 Å². The summed E-state index contributed by atoms with van der Waals surface area (Å²) in [6, 6.07) is 9.62. The monoisotopic (exact) mass is 224 g/mol. The van der Waals surface area contributed by atoms with Gasteiger partial charge in [-0.1, -0.05) is 37.3 Å². The summed E-state index contributed by atoms with van der Waals surface area (Å²) in [7, 11) is 0. The second-order valence-electron chi connectivity index (χ2n) is 3.13. The molecule has 0 aliphatic heterocycles. The molecule has 0 fully saturated rings. The molecule has 0 spiro atoms. The van der Waals surface area contributed by atoms with Gasteiger partial charge in [0.2, 0.25) is 0 Å². The number of carboxylic acid groups (broad SMARTS) is 2. The van der Waals surface area contributed by atoms with Crippen LogP contribution in [-0.2, 0) is 16.0 Å². The SMILES string of the molecule is CCC(=O)O.O=C(O)CCc1ccccc1. The van der Waals surface area contributed by atoms with Crippen molar-refractivity contribution in [1.82, 2.24) is 0 Å². The van der Waals surface area contributed by atoms with Crippen LogP contribution >= 0.6 is 0 Å². The molecule has 2 N–H and O–H groups in total. The average Bonchev–Trinajstić information content (AvgIpc) is 2.28. The van der Waals surface area contributed by atoms with Gasteiger partial charge < -0.3 is 10.2 Å². The lowest BCUT2D eigenvalue weighted by Crippen LogP contribution is -1.96. The molecule has 0 heterocycles. The normalized spacial score (nSPS) is 8.81. The molecule has 0 unspecified atom stereocenters. The Morgan fingerprint density at radius 2 is 1.56 bits per heavy atom. The molecule has 1 aromatic rings. The van der Waals surface area contributed by atoms with Crippen molar-refractivity contribution in [1.29, 1.82) is 0 Å². The van der Waals surface area contributed by atoms with Gasteiger partial charge in [-0.25, -0.2) is 0 Å². The van der Waals surface area contributed by atoms with Gasteiger partial charge in [-0.2, -0.15) is 0 Å². The molecule has 1 rings (SSSR count). The maximum atomic E-state index is 10.2. The molecular formula is C12H16O4. The van der Waals surface area contributed by atoms with Crippen LogP contribution in [0, 0.1) is 0 Å². The van der Waals surface area contributed by atoms with Crippen molar-refractivity contribution in [3.63, 3.8) is 0 Å². The van der Waals surface area contributed by atoms with E-state index in [1.165, 1.54) is 0 Å². The van der Waals surface area contributed by atoms with Gasteiger partial charge in [-0.15, -0.1) is 0 Å². The predicted molar refractivity (Wildman–Crippen MR) is 60.3 cm³/mol. The first kappa shape index (κ1) is 14.2. The van der Waals surface area contributed by atoms with Crippen LogP contribution in [0.5, 0.6) is 0 Å². The summed E-state index contributed by atoms with van der Waals surface area (Å²) in [5.41, 5.74) is 1.08. The fraction of sp³-hybridized carbons (Fsp3) is 0.333. The second-order valence-corrected chi connectivity index (χ2v) is 3.13. The van der Waals surface area contributed by atoms with E-state index < -0.39 is 11.9 Å². The van der Waals surface area contributed by atoms with Gasteiger partial charge >= 0.3 is 11.9 Å². The van der Waals surface area contributed by atoms with Gasteiger partial charge in [0.15, 0.2) is 0 Å². The minimum Gasteiger partial charge on any atom is -0.481 e. The largest absolute Gasteiger partial charge is 0.481 e. The highest BCUT2D eigenvalue weighted by atomic mass is 16.4. The van der Waals surface area contributed by atoms with Gasteiger partial charge in [0.05, 0.1) is 0 Å². The highest BCUT2D eigenvalue weighted by Crippen LogP contribution is 2.01.